The molecular weight excluding hydrogens is 264 g/mol. The van der Waals surface area contributed by atoms with Crippen LogP contribution in [0.1, 0.15) is 34.6 Å². The molecule has 0 saturated carbocycles. The van der Waals surface area contributed by atoms with Crippen molar-refractivity contribution in [1.29, 1.82) is 0 Å². The number of carboxylic acid groups (broad SMARTS) is 1. The molecule has 1 heterocycles. The van der Waals surface area contributed by atoms with Crippen molar-refractivity contribution in [3.8, 4) is 0 Å². The number of nitrogens with zero attached hydrogens (tertiary/aromatic N) is 2. The summed E-state index contributed by atoms with van der Waals surface area (Å²) in [4.78, 5) is 33.9. The molecule has 110 valence electrons. The summed E-state index contributed by atoms with van der Waals surface area (Å²) < 4.78 is 1.55. The maximum atomic E-state index is 12.1. The Labute approximate surface area is 115 Å². The SMILES string of the molecule is Cc1nn(C)c(C)c1C(=O)N[C@@H](CCC(N)=O)C(=O)O. The van der Waals surface area contributed by atoms with Gasteiger partial charge in [0.15, 0.2) is 0 Å². The van der Waals surface area contributed by atoms with Gasteiger partial charge in [0.2, 0.25) is 5.91 Å². The first-order chi connectivity index (χ1) is 9.23. The number of carbonyl (C=O) groups excluding carboxylic acids is 2. The van der Waals surface area contributed by atoms with Gasteiger partial charge in [-0.25, -0.2) is 4.79 Å². The molecule has 1 aromatic rings. The minimum atomic E-state index is -1.21. The van der Waals surface area contributed by atoms with E-state index < -0.39 is 23.8 Å². The summed E-state index contributed by atoms with van der Waals surface area (Å²) in [6, 6.07) is -1.16. The van der Waals surface area contributed by atoms with Crippen LogP contribution in [0.2, 0.25) is 0 Å². The Bertz CT molecular complexity index is 550. The third-order valence-corrected chi connectivity index (χ3v) is 3.02. The van der Waals surface area contributed by atoms with E-state index in [-0.39, 0.29) is 12.8 Å². The number of carboxylic acids is 1. The molecule has 0 fully saturated rings. The molecule has 8 nitrogen and oxygen atoms in total. The number of aromatic nitrogens is 2. The van der Waals surface area contributed by atoms with Crippen LogP contribution in [0.15, 0.2) is 0 Å². The summed E-state index contributed by atoms with van der Waals surface area (Å²) in [5.41, 5.74) is 6.48. The molecule has 20 heavy (non-hydrogen) atoms. The van der Waals surface area contributed by atoms with Gasteiger partial charge in [-0.15, -0.1) is 0 Å². The molecule has 2 amide bonds. The van der Waals surface area contributed by atoms with E-state index in [1.165, 1.54) is 0 Å². The number of rotatable bonds is 6. The standard InChI is InChI=1S/C12H18N4O4/c1-6-10(7(2)16(3)15-6)11(18)14-8(12(19)20)4-5-9(13)17/h8H,4-5H2,1-3H3,(H2,13,17)(H,14,18)(H,19,20)/t8-/m0/s1. The molecular formula is C12H18N4O4. The molecule has 0 aliphatic heterocycles. The summed E-state index contributed by atoms with van der Waals surface area (Å²) in [5, 5.41) is 15.5. The Morgan fingerprint density at radius 1 is 1.40 bits per heavy atom. The van der Waals surface area contributed by atoms with Gasteiger partial charge in [-0.1, -0.05) is 0 Å². The van der Waals surface area contributed by atoms with Gasteiger partial charge in [-0.2, -0.15) is 5.10 Å². The smallest absolute Gasteiger partial charge is 0.326 e. The van der Waals surface area contributed by atoms with Crippen LogP contribution in [0.25, 0.3) is 0 Å². The highest BCUT2D eigenvalue weighted by Gasteiger charge is 2.24. The molecule has 0 aliphatic rings. The lowest BCUT2D eigenvalue weighted by atomic mass is 10.1. The van der Waals surface area contributed by atoms with Crippen molar-refractivity contribution in [3.05, 3.63) is 17.0 Å². The van der Waals surface area contributed by atoms with E-state index in [0.29, 0.717) is 17.0 Å². The molecule has 1 rings (SSSR count). The number of aryl methyl sites for hydroxylation is 2. The first-order valence-corrected chi connectivity index (χ1v) is 6.06. The lowest BCUT2D eigenvalue weighted by Crippen LogP contribution is -2.41. The van der Waals surface area contributed by atoms with E-state index in [4.69, 9.17) is 10.8 Å². The predicted molar refractivity (Wildman–Crippen MR) is 70.0 cm³/mol. The number of nitrogens with one attached hydrogen (secondary N) is 1. The molecule has 1 atom stereocenters. The van der Waals surface area contributed by atoms with Crippen molar-refractivity contribution in [3.63, 3.8) is 0 Å². The molecule has 0 radical (unpaired) electrons. The zero-order valence-corrected chi connectivity index (χ0v) is 11.6. The van der Waals surface area contributed by atoms with E-state index in [1.54, 1.807) is 25.6 Å². The van der Waals surface area contributed by atoms with E-state index in [1.807, 2.05) is 0 Å². The highest BCUT2D eigenvalue weighted by atomic mass is 16.4. The summed E-state index contributed by atoms with van der Waals surface area (Å²) in [7, 11) is 1.70. The fourth-order valence-electron chi connectivity index (χ4n) is 1.88. The number of amides is 2. The number of hydrogen-bond acceptors (Lipinski definition) is 4. The van der Waals surface area contributed by atoms with E-state index >= 15 is 0 Å². The Hall–Kier alpha value is -2.38. The fraction of sp³-hybridized carbons (Fsp3) is 0.500. The lowest BCUT2D eigenvalue weighted by Gasteiger charge is -2.13. The quantitative estimate of drug-likeness (QED) is 0.647. The van der Waals surface area contributed by atoms with Gasteiger partial charge in [0.05, 0.1) is 11.3 Å². The molecule has 0 aromatic carbocycles. The van der Waals surface area contributed by atoms with Crippen LogP contribution in [-0.2, 0) is 16.6 Å². The monoisotopic (exact) mass is 282 g/mol. The van der Waals surface area contributed by atoms with Gasteiger partial charge in [-0.3, -0.25) is 14.3 Å². The van der Waals surface area contributed by atoms with Gasteiger partial charge in [0.25, 0.3) is 5.91 Å². The highest BCUT2D eigenvalue weighted by molar-refractivity contribution is 5.98. The van der Waals surface area contributed by atoms with Crippen LogP contribution >= 0.6 is 0 Å². The third kappa shape index (κ3) is 3.56. The highest BCUT2D eigenvalue weighted by Crippen LogP contribution is 2.12. The number of hydrogen-bond donors (Lipinski definition) is 3. The Morgan fingerprint density at radius 3 is 2.40 bits per heavy atom. The number of nitrogens with two attached hydrogens (primary N) is 1. The van der Waals surface area contributed by atoms with Crippen molar-refractivity contribution in [2.75, 3.05) is 0 Å². The van der Waals surface area contributed by atoms with Gasteiger partial charge in [0.1, 0.15) is 6.04 Å². The fourth-order valence-corrected chi connectivity index (χ4v) is 1.88. The minimum Gasteiger partial charge on any atom is -0.480 e. The lowest BCUT2D eigenvalue weighted by molar-refractivity contribution is -0.139. The molecule has 0 aliphatic carbocycles. The van der Waals surface area contributed by atoms with Crippen LogP contribution in [0.4, 0.5) is 0 Å². The minimum absolute atomic E-state index is 0.0469. The van der Waals surface area contributed by atoms with E-state index in [9.17, 15) is 14.4 Å². The Kier molecular flexibility index (Phi) is 4.84. The van der Waals surface area contributed by atoms with Crippen LogP contribution in [0.3, 0.4) is 0 Å². The maximum Gasteiger partial charge on any atom is 0.326 e. The largest absolute Gasteiger partial charge is 0.480 e. The second-order valence-electron chi connectivity index (χ2n) is 4.54. The topological polar surface area (TPSA) is 127 Å². The number of primary amides is 1. The van der Waals surface area contributed by atoms with Gasteiger partial charge >= 0.3 is 5.97 Å². The first kappa shape index (κ1) is 15.7. The van der Waals surface area contributed by atoms with Crippen molar-refractivity contribution in [1.82, 2.24) is 15.1 Å². The van der Waals surface area contributed by atoms with E-state index in [0.717, 1.165) is 0 Å². The third-order valence-electron chi connectivity index (χ3n) is 3.02. The summed E-state index contributed by atoms with van der Waals surface area (Å²) in [5.74, 6) is -2.34. The summed E-state index contributed by atoms with van der Waals surface area (Å²) in [6.07, 6.45) is -0.156. The Morgan fingerprint density at radius 2 is 2.00 bits per heavy atom. The normalized spacial score (nSPS) is 11.9. The summed E-state index contributed by atoms with van der Waals surface area (Å²) in [6.45, 7) is 3.38. The van der Waals surface area contributed by atoms with Crippen LogP contribution in [-0.4, -0.2) is 38.7 Å². The molecule has 0 unspecified atom stereocenters. The second kappa shape index (κ2) is 6.18. The number of aliphatic carboxylic acids is 1. The zero-order chi connectivity index (χ0) is 15.4. The van der Waals surface area contributed by atoms with Gasteiger partial charge in [-0.05, 0) is 20.3 Å². The molecule has 4 N–H and O–H groups in total. The van der Waals surface area contributed by atoms with Crippen molar-refractivity contribution >= 4 is 17.8 Å². The van der Waals surface area contributed by atoms with E-state index in [2.05, 4.69) is 10.4 Å². The Balaban J connectivity index is 2.85. The molecule has 8 heteroatoms. The maximum absolute atomic E-state index is 12.1. The average Bonchev–Trinajstić information content (AvgIpc) is 2.58. The first-order valence-electron chi connectivity index (χ1n) is 6.06. The molecule has 1 aromatic heterocycles. The molecule has 0 bridgehead atoms. The van der Waals surface area contributed by atoms with Crippen LogP contribution < -0.4 is 11.1 Å². The van der Waals surface area contributed by atoms with Crippen molar-refractivity contribution in [2.45, 2.75) is 32.7 Å². The molecule has 0 spiro atoms. The zero-order valence-electron chi connectivity index (χ0n) is 11.6. The van der Waals surface area contributed by atoms with Gasteiger partial charge < -0.3 is 16.2 Å². The van der Waals surface area contributed by atoms with Gasteiger partial charge in [0, 0.05) is 19.2 Å². The van der Waals surface area contributed by atoms with Crippen molar-refractivity contribution in [2.24, 2.45) is 12.8 Å². The van der Waals surface area contributed by atoms with Crippen LogP contribution in [0.5, 0.6) is 0 Å². The molecule has 0 saturated heterocycles. The second-order valence-corrected chi connectivity index (χ2v) is 4.54. The van der Waals surface area contributed by atoms with Crippen LogP contribution in [0, 0.1) is 13.8 Å². The number of carbonyl (C=O) groups is 3. The summed E-state index contributed by atoms with van der Waals surface area (Å²) >= 11 is 0. The predicted octanol–water partition coefficient (Wildman–Crippen LogP) is -0.515. The van der Waals surface area contributed by atoms with Crippen molar-refractivity contribution < 1.29 is 19.5 Å². The average molecular weight is 282 g/mol.